The zero-order valence-corrected chi connectivity index (χ0v) is 11.6. The van der Waals surface area contributed by atoms with Gasteiger partial charge in [0.05, 0.1) is 5.56 Å². The molecule has 2 aromatic carbocycles. The van der Waals surface area contributed by atoms with Gasteiger partial charge in [0.15, 0.2) is 12.0 Å². The van der Waals surface area contributed by atoms with Crippen molar-refractivity contribution in [3.63, 3.8) is 0 Å². The summed E-state index contributed by atoms with van der Waals surface area (Å²) < 4.78 is 62.8. The van der Waals surface area contributed by atoms with Crippen LogP contribution in [0.4, 0.5) is 13.2 Å². The third-order valence-electron chi connectivity index (χ3n) is 2.62. The van der Waals surface area contributed by atoms with Crippen LogP contribution in [0.2, 0.25) is 0 Å². The molecule has 0 heterocycles. The van der Waals surface area contributed by atoms with Gasteiger partial charge in [0.1, 0.15) is 0 Å². The van der Waals surface area contributed by atoms with Crippen LogP contribution in [-0.2, 0) is 10.1 Å². The fourth-order valence-electron chi connectivity index (χ4n) is 1.61. The number of hydrogen-bond donors (Lipinski definition) is 0. The number of hydrogen-bond acceptors (Lipinski definition) is 4. The molecular formula is C14H8F3O4S. The minimum atomic E-state index is -5.84. The van der Waals surface area contributed by atoms with E-state index >= 15 is 0 Å². The molecule has 1 radical (unpaired) electrons. The van der Waals surface area contributed by atoms with Gasteiger partial charge in [-0.25, -0.2) is 0 Å². The van der Waals surface area contributed by atoms with Crippen molar-refractivity contribution < 1.29 is 30.6 Å². The summed E-state index contributed by atoms with van der Waals surface area (Å²) in [5, 5.41) is 0. The summed E-state index contributed by atoms with van der Waals surface area (Å²) in [7, 11) is -5.84. The number of aldehydes is 1. The van der Waals surface area contributed by atoms with Gasteiger partial charge < -0.3 is 4.18 Å². The lowest BCUT2D eigenvalue weighted by Gasteiger charge is -2.11. The Labute approximate surface area is 124 Å². The summed E-state index contributed by atoms with van der Waals surface area (Å²) in [4.78, 5) is 11.0. The minimum Gasteiger partial charge on any atom is -0.375 e. The zero-order chi connectivity index (χ0) is 16.4. The largest absolute Gasteiger partial charge is 0.534 e. The Morgan fingerprint density at radius 2 is 1.68 bits per heavy atom. The molecule has 0 unspecified atom stereocenters. The smallest absolute Gasteiger partial charge is 0.375 e. The van der Waals surface area contributed by atoms with Gasteiger partial charge in [-0.2, -0.15) is 21.6 Å². The molecule has 22 heavy (non-hydrogen) atoms. The average molecular weight is 329 g/mol. The second-order valence-corrected chi connectivity index (χ2v) is 5.65. The second-order valence-electron chi connectivity index (χ2n) is 4.12. The molecule has 0 aliphatic heterocycles. The summed E-state index contributed by atoms with van der Waals surface area (Å²) in [6.45, 7) is 0. The standard InChI is InChI=1S/C14H8F3O4S/c15-14(16,17)22(19,20)21-13-7-6-11(8-12(13)9-18)10-4-2-1-3-5-10/h1-7,9H. The molecule has 0 spiro atoms. The predicted molar refractivity (Wildman–Crippen MR) is 71.7 cm³/mol. The number of benzene rings is 2. The third kappa shape index (κ3) is 3.28. The van der Waals surface area contributed by atoms with Crippen molar-refractivity contribution in [1.82, 2.24) is 0 Å². The fraction of sp³-hybridized carbons (Fsp3) is 0.0714. The van der Waals surface area contributed by atoms with Crippen LogP contribution in [0.25, 0.3) is 11.1 Å². The van der Waals surface area contributed by atoms with Gasteiger partial charge in [0, 0.05) is 6.07 Å². The summed E-state index contributed by atoms with van der Waals surface area (Å²) >= 11 is 0. The Hall–Kier alpha value is -2.35. The first kappa shape index (κ1) is 16.0. The molecule has 2 rings (SSSR count). The molecule has 0 aliphatic carbocycles. The molecule has 2 aromatic rings. The minimum absolute atomic E-state index is 0.174. The topological polar surface area (TPSA) is 60.4 Å². The van der Waals surface area contributed by atoms with Crippen molar-refractivity contribution in [2.45, 2.75) is 5.51 Å². The molecule has 115 valence electrons. The molecule has 0 atom stereocenters. The molecule has 0 aliphatic rings. The number of alkyl halides is 3. The van der Waals surface area contributed by atoms with E-state index in [1.54, 1.807) is 30.3 Å². The molecule has 0 saturated heterocycles. The molecule has 0 fully saturated rings. The van der Waals surface area contributed by atoms with E-state index in [4.69, 9.17) is 0 Å². The fourth-order valence-corrected chi connectivity index (χ4v) is 2.09. The van der Waals surface area contributed by atoms with Gasteiger partial charge in [-0.05, 0) is 23.3 Å². The first-order chi connectivity index (χ1) is 10.2. The van der Waals surface area contributed by atoms with E-state index in [-0.39, 0.29) is 6.29 Å². The van der Waals surface area contributed by atoms with E-state index in [1.807, 2.05) is 0 Å². The molecule has 0 amide bonds. The second kappa shape index (κ2) is 5.80. The Kier molecular flexibility index (Phi) is 4.23. The van der Waals surface area contributed by atoms with Crippen molar-refractivity contribution in [1.29, 1.82) is 0 Å². The van der Waals surface area contributed by atoms with Crippen LogP contribution in [0.15, 0.2) is 42.5 Å². The molecule has 8 heteroatoms. The van der Waals surface area contributed by atoms with Gasteiger partial charge in [-0.15, -0.1) is 0 Å². The van der Waals surface area contributed by atoms with Gasteiger partial charge in [0.2, 0.25) is 0 Å². The molecular weight excluding hydrogens is 321 g/mol. The highest BCUT2D eigenvalue weighted by Gasteiger charge is 2.48. The first-order valence-electron chi connectivity index (χ1n) is 5.82. The molecule has 4 nitrogen and oxygen atoms in total. The summed E-state index contributed by atoms with van der Waals surface area (Å²) in [6.07, 6.45) is 0.174. The Morgan fingerprint density at radius 3 is 2.23 bits per heavy atom. The quantitative estimate of drug-likeness (QED) is 0.491. The molecule has 0 bridgehead atoms. The average Bonchev–Trinajstić information content (AvgIpc) is 2.47. The Bertz CT molecular complexity index is 783. The van der Waals surface area contributed by atoms with Gasteiger partial charge in [-0.3, -0.25) is 4.79 Å². The lowest BCUT2D eigenvalue weighted by Crippen LogP contribution is -2.28. The maximum Gasteiger partial charge on any atom is 0.534 e. The van der Waals surface area contributed by atoms with Crippen molar-refractivity contribution in [3.05, 3.63) is 54.1 Å². The maximum atomic E-state index is 12.3. The number of carbonyl (C=O) groups is 1. The van der Waals surface area contributed by atoms with E-state index in [9.17, 15) is 26.4 Å². The van der Waals surface area contributed by atoms with Gasteiger partial charge in [-0.1, -0.05) is 30.3 Å². The van der Waals surface area contributed by atoms with E-state index in [0.717, 1.165) is 6.07 Å². The van der Waals surface area contributed by atoms with E-state index < -0.39 is 26.9 Å². The number of halogens is 3. The highest BCUT2D eigenvalue weighted by atomic mass is 32.2. The van der Waals surface area contributed by atoms with Crippen LogP contribution in [0, 0.1) is 6.07 Å². The van der Waals surface area contributed by atoms with E-state index in [1.165, 1.54) is 6.07 Å². The summed E-state index contributed by atoms with van der Waals surface area (Å²) in [5.74, 6) is -0.730. The van der Waals surface area contributed by atoms with Crippen molar-refractivity contribution in [2.24, 2.45) is 0 Å². The summed E-state index contributed by atoms with van der Waals surface area (Å²) in [5.41, 5.74) is -4.92. The number of carbonyl (C=O) groups excluding carboxylic acids is 1. The van der Waals surface area contributed by atoms with Crippen LogP contribution in [0.1, 0.15) is 10.4 Å². The molecule has 0 N–H and O–H groups in total. The van der Waals surface area contributed by atoms with Crippen LogP contribution in [0.5, 0.6) is 5.75 Å². The lowest BCUT2D eigenvalue weighted by atomic mass is 10.0. The van der Waals surface area contributed by atoms with E-state index in [0.29, 0.717) is 11.1 Å². The van der Waals surface area contributed by atoms with Gasteiger partial charge >= 0.3 is 15.6 Å². The molecule has 0 saturated carbocycles. The predicted octanol–water partition coefficient (Wildman–Crippen LogP) is 3.19. The maximum absolute atomic E-state index is 12.3. The zero-order valence-electron chi connectivity index (χ0n) is 10.8. The van der Waals surface area contributed by atoms with Crippen LogP contribution in [0.3, 0.4) is 0 Å². The molecule has 0 aromatic heterocycles. The Balaban J connectivity index is 2.42. The van der Waals surface area contributed by atoms with Crippen LogP contribution >= 0.6 is 0 Å². The highest BCUT2D eigenvalue weighted by Crippen LogP contribution is 2.30. The van der Waals surface area contributed by atoms with Crippen molar-refractivity contribution in [3.8, 4) is 16.9 Å². The monoisotopic (exact) mass is 329 g/mol. The number of rotatable bonds is 4. The van der Waals surface area contributed by atoms with E-state index in [2.05, 4.69) is 10.2 Å². The summed E-state index contributed by atoms with van der Waals surface area (Å²) in [6, 6.07) is 13.4. The van der Waals surface area contributed by atoms with Crippen LogP contribution in [-0.4, -0.2) is 20.2 Å². The SMILES string of the molecule is O=Cc1[c]c(-c2ccccc2)ccc1OS(=O)(=O)C(F)(F)F. The van der Waals surface area contributed by atoms with Gasteiger partial charge in [0.25, 0.3) is 0 Å². The Morgan fingerprint density at radius 1 is 1.05 bits per heavy atom. The highest BCUT2D eigenvalue weighted by molar-refractivity contribution is 7.88. The lowest BCUT2D eigenvalue weighted by molar-refractivity contribution is -0.0500. The third-order valence-corrected chi connectivity index (χ3v) is 3.59. The normalized spacial score (nSPS) is 12.0. The van der Waals surface area contributed by atoms with Crippen molar-refractivity contribution >= 4 is 16.4 Å². The first-order valence-corrected chi connectivity index (χ1v) is 7.23. The van der Waals surface area contributed by atoms with Crippen LogP contribution < -0.4 is 4.18 Å². The van der Waals surface area contributed by atoms with Crippen molar-refractivity contribution in [2.75, 3.05) is 0 Å².